The van der Waals surface area contributed by atoms with Gasteiger partial charge >= 0.3 is 11.9 Å². The quantitative estimate of drug-likeness (QED) is 0.162. The van der Waals surface area contributed by atoms with Crippen molar-refractivity contribution in [2.24, 2.45) is 11.8 Å². The van der Waals surface area contributed by atoms with Crippen LogP contribution < -0.4 is 9.47 Å². The molecule has 0 radical (unpaired) electrons. The van der Waals surface area contributed by atoms with E-state index in [1.54, 1.807) is 26.0 Å². The third-order valence-electron chi connectivity index (χ3n) is 7.23. The van der Waals surface area contributed by atoms with Crippen molar-refractivity contribution in [3.63, 3.8) is 0 Å². The van der Waals surface area contributed by atoms with Gasteiger partial charge < -0.3 is 29.2 Å². The average molecular weight is 575 g/mol. The summed E-state index contributed by atoms with van der Waals surface area (Å²) < 4.78 is 23.7. The summed E-state index contributed by atoms with van der Waals surface area (Å²) in [6.45, 7) is 8.62. The monoisotopic (exact) mass is 574 g/mol. The molecule has 4 unspecified atom stereocenters. The summed E-state index contributed by atoms with van der Waals surface area (Å²) in [4.78, 5) is 24.8. The van der Waals surface area contributed by atoms with E-state index in [-0.39, 0.29) is 13.2 Å². The van der Waals surface area contributed by atoms with Crippen molar-refractivity contribution < 1.29 is 38.7 Å². The number of hydrogen-bond donors (Lipinski definition) is 2. The summed E-state index contributed by atoms with van der Waals surface area (Å²) in [5, 5.41) is 23.7. The van der Waals surface area contributed by atoms with E-state index >= 15 is 0 Å². The largest absolute Gasteiger partial charge is 0.478 e. The molecule has 42 heavy (non-hydrogen) atoms. The van der Waals surface area contributed by atoms with Gasteiger partial charge in [0.15, 0.2) is 12.2 Å². The Bertz CT molecular complexity index is 1420. The predicted molar refractivity (Wildman–Crippen MR) is 162 cm³/mol. The van der Waals surface area contributed by atoms with Crippen LogP contribution in [0.1, 0.15) is 27.7 Å². The molecule has 0 aliphatic heterocycles. The summed E-state index contributed by atoms with van der Waals surface area (Å²) in [6.07, 6.45) is -2.37. The van der Waals surface area contributed by atoms with Crippen LogP contribution in [0.15, 0.2) is 72.8 Å². The lowest BCUT2D eigenvalue weighted by atomic mass is 9.92. The van der Waals surface area contributed by atoms with Crippen molar-refractivity contribution in [2.45, 2.75) is 39.9 Å². The van der Waals surface area contributed by atoms with Crippen LogP contribution in [0.5, 0.6) is 11.5 Å². The molecule has 4 rings (SSSR count). The van der Waals surface area contributed by atoms with Crippen molar-refractivity contribution in [1.82, 2.24) is 0 Å². The lowest BCUT2D eigenvalue weighted by molar-refractivity contribution is -0.149. The van der Waals surface area contributed by atoms with Crippen molar-refractivity contribution >= 4 is 33.5 Å². The molecule has 0 aliphatic rings. The number of rotatable bonds is 15. The second-order valence-corrected chi connectivity index (χ2v) is 10.3. The van der Waals surface area contributed by atoms with Crippen molar-refractivity contribution in [3.8, 4) is 22.6 Å². The van der Waals surface area contributed by atoms with Crippen molar-refractivity contribution in [3.05, 3.63) is 72.8 Å². The fraction of sp³-hybridized carbons (Fsp3) is 0.353. The Hall–Kier alpha value is -4.14. The molecule has 0 spiro atoms. The van der Waals surface area contributed by atoms with Crippen LogP contribution in [0.2, 0.25) is 0 Å². The molecule has 0 saturated heterocycles. The van der Waals surface area contributed by atoms with Gasteiger partial charge in [0.25, 0.3) is 0 Å². The molecule has 2 N–H and O–H groups in total. The van der Waals surface area contributed by atoms with E-state index in [0.29, 0.717) is 35.8 Å². The highest BCUT2D eigenvalue weighted by Gasteiger charge is 2.31. The Kier molecular flexibility index (Phi) is 10.4. The standard InChI is InChI=1S/C34H38O8/c1-5-39-19-21(3)31(33(35)36)41-27-17-15-23-11-7-9-13-25(23)29(27)30-26-14-10-8-12-24(26)16-18-28(30)42-32(34(37)38)22(4)20-40-6-2/h7-18,21-22,31-32H,5-6,19-20H2,1-4H3,(H,35,36)(H,37,38). The third-order valence-corrected chi connectivity index (χ3v) is 7.23. The number of fused-ring (bicyclic) bond motifs is 2. The summed E-state index contributed by atoms with van der Waals surface area (Å²) in [6, 6.07) is 22.7. The van der Waals surface area contributed by atoms with Crippen LogP contribution in [-0.2, 0) is 19.1 Å². The fourth-order valence-electron chi connectivity index (χ4n) is 5.09. The van der Waals surface area contributed by atoms with Crippen molar-refractivity contribution in [1.29, 1.82) is 0 Å². The number of carboxylic acids is 2. The van der Waals surface area contributed by atoms with Gasteiger partial charge in [-0.1, -0.05) is 74.5 Å². The molecule has 0 aliphatic carbocycles. The van der Waals surface area contributed by atoms with Gasteiger partial charge in [0.1, 0.15) is 11.5 Å². The van der Waals surface area contributed by atoms with E-state index in [1.165, 1.54) is 0 Å². The van der Waals surface area contributed by atoms with Gasteiger partial charge in [-0.15, -0.1) is 0 Å². The maximum absolute atomic E-state index is 12.4. The first-order valence-corrected chi connectivity index (χ1v) is 14.2. The van der Waals surface area contributed by atoms with Gasteiger partial charge in [-0.2, -0.15) is 0 Å². The van der Waals surface area contributed by atoms with E-state index in [0.717, 1.165) is 21.5 Å². The topological polar surface area (TPSA) is 112 Å². The molecular weight excluding hydrogens is 536 g/mol. The maximum atomic E-state index is 12.4. The van der Waals surface area contributed by atoms with Crippen molar-refractivity contribution in [2.75, 3.05) is 26.4 Å². The number of aliphatic carboxylic acids is 2. The Morgan fingerprint density at radius 2 is 1.00 bits per heavy atom. The molecule has 0 bridgehead atoms. The van der Waals surface area contributed by atoms with Gasteiger partial charge in [0.2, 0.25) is 0 Å². The lowest BCUT2D eigenvalue weighted by Crippen LogP contribution is -2.36. The third kappa shape index (κ3) is 6.83. The van der Waals surface area contributed by atoms with Crippen LogP contribution in [0.25, 0.3) is 32.7 Å². The van der Waals surface area contributed by atoms with Gasteiger partial charge in [-0.3, -0.25) is 0 Å². The number of carbonyl (C=O) groups is 2. The highest BCUT2D eigenvalue weighted by atomic mass is 16.5. The van der Waals surface area contributed by atoms with E-state index in [4.69, 9.17) is 18.9 Å². The zero-order valence-corrected chi connectivity index (χ0v) is 24.4. The van der Waals surface area contributed by atoms with Crippen LogP contribution >= 0.6 is 0 Å². The Labute approximate surface area is 245 Å². The molecule has 4 atom stereocenters. The van der Waals surface area contributed by atoms with Crippen LogP contribution in [0, 0.1) is 11.8 Å². The van der Waals surface area contributed by atoms with Crippen LogP contribution in [-0.4, -0.2) is 60.8 Å². The molecule has 8 nitrogen and oxygen atoms in total. The minimum Gasteiger partial charge on any atom is -0.478 e. The summed E-state index contributed by atoms with van der Waals surface area (Å²) in [7, 11) is 0. The number of ether oxygens (including phenoxy) is 4. The molecular formula is C34H38O8. The van der Waals surface area contributed by atoms with Crippen LogP contribution in [0.3, 0.4) is 0 Å². The van der Waals surface area contributed by atoms with Crippen LogP contribution in [0.4, 0.5) is 0 Å². The minimum atomic E-state index is -1.19. The molecule has 0 saturated carbocycles. The first-order chi connectivity index (χ1) is 20.3. The summed E-state index contributed by atoms with van der Waals surface area (Å²) >= 11 is 0. The maximum Gasteiger partial charge on any atom is 0.345 e. The molecule has 0 amide bonds. The Morgan fingerprint density at radius 3 is 1.36 bits per heavy atom. The molecule has 0 aromatic heterocycles. The van der Waals surface area contributed by atoms with Gasteiger partial charge in [0.05, 0.1) is 13.2 Å². The van der Waals surface area contributed by atoms with Gasteiger partial charge in [-0.25, -0.2) is 9.59 Å². The molecule has 8 heteroatoms. The van der Waals surface area contributed by atoms with Gasteiger partial charge in [0, 0.05) is 36.2 Å². The first kappa shape index (κ1) is 30.8. The molecule has 4 aromatic carbocycles. The normalized spacial score (nSPS) is 14.3. The first-order valence-electron chi connectivity index (χ1n) is 14.2. The molecule has 4 aromatic rings. The molecule has 0 fully saturated rings. The molecule has 0 heterocycles. The van der Waals surface area contributed by atoms with E-state index < -0.39 is 36.0 Å². The zero-order chi connectivity index (χ0) is 30.2. The lowest BCUT2D eigenvalue weighted by Gasteiger charge is -2.26. The van der Waals surface area contributed by atoms with E-state index in [2.05, 4.69) is 0 Å². The average Bonchev–Trinajstić information content (AvgIpc) is 2.99. The smallest absolute Gasteiger partial charge is 0.345 e. The minimum absolute atomic E-state index is 0.219. The zero-order valence-electron chi connectivity index (χ0n) is 24.4. The summed E-state index contributed by atoms with van der Waals surface area (Å²) in [5.41, 5.74) is 1.24. The predicted octanol–water partition coefficient (Wildman–Crippen LogP) is 6.67. The Morgan fingerprint density at radius 1 is 0.619 bits per heavy atom. The molecule has 222 valence electrons. The fourth-order valence-corrected chi connectivity index (χ4v) is 5.09. The van der Waals surface area contributed by atoms with E-state index in [9.17, 15) is 19.8 Å². The Balaban J connectivity index is 1.96. The SMILES string of the molecule is CCOCC(C)C(Oc1ccc2ccccc2c1-c1c(OC(C(=O)O)C(C)COCC)ccc2ccccc12)C(=O)O. The highest BCUT2D eigenvalue weighted by molar-refractivity contribution is 6.10. The number of carboxylic acid groups (broad SMARTS) is 2. The number of hydrogen-bond acceptors (Lipinski definition) is 6. The highest BCUT2D eigenvalue weighted by Crippen LogP contribution is 2.46. The van der Waals surface area contributed by atoms with E-state index in [1.807, 2.05) is 74.5 Å². The van der Waals surface area contributed by atoms with Gasteiger partial charge in [-0.05, 0) is 47.5 Å². The second kappa shape index (κ2) is 14.2. The second-order valence-electron chi connectivity index (χ2n) is 10.3. The summed E-state index contributed by atoms with van der Waals surface area (Å²) in [5.74, 6) is -2.40. The number of benzene rings is 4.